The predicted molar refractivity (Wildman–Crippen MR) is 88.3 cm³/mol. The van der Waals surface area contributed by atoms with Crippen molar-refractivity contribution in [3.8, 4) is 0 Å². The van der Waals surface area contributed by atoms with Crippen molar-refractivity contribution in [2.24, 2.45) is 4.99 Å². The molecule has 0 aliphatic rings. The molecule has 0 fully saturated rings. The average molecular weight is 321 g/mol. The molecule has 2 aromatic rings. The zero-order chi connectivity index (χ0) is 15.9. The average Bonchev–Trinajstić information content (AvgIpc) is 3.02. The molecule has 0 atom stereocenters. The molecule has 0 aliphatic heterocycles. The summed E-state index contributed by atoms with van der Waals surface area (Å²) < 4.78 is 13.4. The first kappa shape index (κ1) is 16.5. The van der Waals surface area contributed by atoms with Crippen LogP contribution in [0.5, 0.6) is 0 Å². The topological polar surface area (TPSA) is 47.9 Å². The minimum atomic E-state index is -0.384. The Morgan fingerprint density at radius 3 is 2.82 bits per heavy atom. The largest absolute Gasteiger partial charge is 0.392 e. The first-order chi connectivity index (χ1) is 10.6. The molecule has 0 aliphatic carbocycles. The minimum Gasteiger partial charge on any atom is -0.392 e. The Balaban J connectivity index is 1.96. The molecule has 0 radical (unpaired) electrons. The fraction of sp³-hybridized carbons (Fsp3) is 0.312. The summed E-state index contributed by atoms with van der Waals surface area (Å²) in [7, 11) is 3.70. The van der Waals surface area contributed by atoms with Crippen LogP contribution in [0.4, 0.5) is 4.39 Å². The lowest BCUT2D eigenvalue weighted by molar-refractivity contribution is 0.275. The van der Waals surface area contributed by atoms with Gasteiger partial charge in [0.15, 0.2) is 5.96 Å². The quantitative estimate of drug-likeness (QED) is 0.657. The van der Waals surface area contributed by atoms with Crippen molar-refractivity contribution < 1.29 is 9.50 Å². The maximum Gasteiger partial charge on any atom is 0.193 e. The van der Waals surface area contributed by atoms with Crippen LogP contribution < -0.4 is 5.32 Å². The number of aliphatic hydroxyl groups excluding tert-OH is 1. The van der Waals surface area contributed by atoms with Crippen LogP contribution in [-0.4, -0.2) is 30.1 Å². The second kappa shape index (κ2) is 7.91. The number of nitrogens with one attached hydrogen (secondary N) is 1. The summed E-state index contributed by atoms with van der Waals surface area (Å²) in [5.74, 6) is 0.381. The third-order valence-electron chi connectivity index (χ3n) is 3.30. The van der Waals surface area contributed by atoms with E-state index in [0.717, 1.165) is 18.1 Å². The van der Waals surface area contributed by atoms with Gasteiger partial charge in [0.25, 0.3) is 0 Å². The summed E-state index contributed by atoms with van der Waals surface area (Å²) in [5.41, 5.74) is 2.44. The molecule has 118 valence electrons. The first-order valence-corrected chi connectivity index (χ1v) is 7.89. The van der Waals surface area contributed by atoms with E-state index in [4.69, 9.17) is 5.11 Å². The number of nitrogens with zero attached hydrogens (tertiary/aromatic N) is 2. The second-order valence-electron chi connectivity index (χ2n) is 4.97. The van der Waals surface area contributed by atoms with Gasteiger partial charge in [-0.1, -0.05) is 6.07 Å². The number of aliphatic hydroxyl groups is 1. The summed E-state index contributed by atoms with van der Waals surface area (Å²) >= 11 is 1.67. The third kappa shape index (κ3) is 4.29. The van der Waals surface area contributed by atoms with Gasteiger partial charge in [-0.2, -0.15) is 11.3 Å². The lowest BCUT2D eigenvalue weighted by Crippen LogP contribution is -2.37. The van der Waals surface area contributed by atoms with E-state index >= 15 is 0 Å². The van der Waals surface area contributed by atoms with Crippen LogP contribution in [0.2, 0.25) is 0 Å². The minimum absolute atomic E-state index is 0.299. The van der Waals surface area contributed by atoms with Gasteiger partial charge in [-0.05, 0) is 40.1 Å². The first-order valence-electron chi connectivity index (χ1n) is 6.95. The molecule has 2 rings (SSSR count). The Morgan fingerprint density at radius 1 is 1.36 bits per heavy atom. The lowest BCUT2D eigenvalue weighted by Gasteiger charge is -2.21. The molecule has 0 saturated carbocycles. The maximum atomic E-state index is 13.4. The van der Waals surface area contributed by atoms with Crippen molar-refractivity contribution in [3.05, 3.63) is 57.5 Å². The van der Waals surface area contributed by atoms with E-state index in [2.05, 4.69) is 21.8 Å². The highest BCUT2D eigenvalue weighted by Crippen LogP contribution is 2.11. The highest BCUT2D eigenvalue weighted by molar-refractivity contribution is 7.07. The fourth-order valence-corrected chi connectivity index (χ4v) is 2.82. The number of hydrogen-bond acceptors (Lipinski definition) is 3. The van der Waals surface area contributed by atoms with Crippen molar-refractivity contribution in [1.82, 2.24) is 10.2 Å². The standard InChI is InChI=1S/C16H20FN3OS/c1-18-16(20(2)9-13-5-6-22-11-13)19-8-12-3-4-15(17)14(7-12)10-21/h3-7,11,21H,8-10H2,1-2H3,(H,18,19). The van der Waals surface area contributed by atoms with Crippen molar-refractivity contribution >= 4 is 17.3 Å². The molecule has 0 unspecified atom stereocenters. The zero-order valence-electron chi connectivity index (χ0n) is 12.7. The van der Waals surface area contributed by atoms with E-state index in [9.17, 15) is 4.39 Å². The van der Waals surface area contributed by atoms with Crippen LogP contribution in [0.25, 0.3) is 0 Å². The summed E-state index contributed by atoms with van der Waals surface area (Å²) in [6.45, 7) is 0.995. The highest BCUT2D eigenvalue weighted by Gasteiger charge is 2.08. The molecule has 0 amide bonds. The van der Waals surface area contributed by atoms with Gasteiger partial charge in [-0.3, -0.25) is 4.99 Å². The van der Waals surface area contributed by atoms with Gasteiger partial charge in [-0.25, -0.2) is 4.39 Å². The van der Waals surface area contributed by atoms with E-state index in [1.807, 2.05) is 17.3 Å². The Kier molecular flexibility index (Phi) is 5.91. The SMILES string of the molecule is CN=C(NCc1ccc(F)c(CO)c1)N(C)Cc1ccsc1. The van der Waals surface area contributed by atoms with E-state index in [1.165, 1.54) is 11.6 Å². The Bertz CT molecular complexity index is 628. The number of halogens is 1. The fourth-order valence-electron chi connectivity index (χ4n) is 2.16. The molecule has 0 bridgehead atoms. The van der Waals surface area contributed by atoms with E-state index < -0.39 is 0 Å². The normalized spacial score (nSPS) is 11.5. The number of aliphatic imine (C=N–C) groups is 1. The molecule has 1 aromatic heterocycles. The summed E-state index contributed by atoms with van der Waals surface area (Å²) in [4.78, 5) is 6.28. The molecular formula is C16H20FN3OS. The van der Waals surface area contributed by atoms with Crippen molar-refractivity contribution in [1.29, 1.82) is 0 Å². The summed E-state index contributed by atoms with van der Waals surface area (Å²) in [5, 5.41) is 16.5. The van der Waals surface area contributed by atoms with Gasteiger partial charge in [0.05, 0.1) is 6.61 Å². The zero-order valence-corrected chi connectivity index (χ0v) is 13.5. The highest BCUT2D eigenvalue weighted by atomic mass is 32.1. The van der Waals surface area contributed by atoms with Gasteiger partial charge in [-0.15, -0.1) is 0 Å². The smallest absolute Gasteiger partial charge is 0.193 e. The number of thiophene rings is 1. The summed E-state index contributed by atoms with van der Waals surface area (Å²) in [6.07, 6.45) is 0. The van der Waals surface area contributed by atoms with Crippen molar-refractivity contribution in [2.75, 3.05) is 14.1 Å². The third-order valence-corrected chi connectivity index (χ3v) is 4.04. The van der Waals surface area contributed by atoms with E-state index in [1.54, 1.807) is 30.5 Å². The predicted octanol–water partition coefficient (Wildman–Crippen LogP) is 2.59. The van der Waals surface area contributed by atoms with Crippen LogP contribution in [0, 0.1) is 5.82 Å². The van der Waals surface area contributed by atoms with Crippen LogP contribution in [0.15, 0.2) is 40.0 Å². The Morgan fingerprint density at radius 2 is 2.18 bits per heavy atom. The molecule has 2 N–H and O–H groups in total. The molecule has 1 heterocycles. The molecule has 1 aromatic carbocycles. The number of benzene rings is 1. The summed E-state index contributed by atoms with van der Waals surface area (Å²) in [6, 6.07) is 6.82. The lowest BCUT2D eigenvalue weighted by atomic mass is 10.1. The molecule has 4 nitrogen and oxygen atoms in total. The van der Waals surface area contributed by atoms with Gasteiger partial charge in [0.1, 0.15) is 5.82 Å². The van der Waals surface area contributed by atoms with Crippen molar-refractivity contribution in [3.63, 3.8) is 0 Å². The van der Waals surface area contributed by atoms with E-state index in [-0.39, 0.29) is 12.4 Å². The molecule has 22 heavy (non-hydrogen) atoms. The van der Waals surface area contributed by atoms with Gasteiger partial charge >= 0.3 is 0 Å². The van der Waals surface area contributed by atoms with Crippen LogP contribution in [-0.2, 0) is 19.7 Å². The van der Waals surface area contributed by atoms with E-state index in [0.29, 0.717) is 12.1 Å². The monoisotopic (exact) mass is 321 g/mol. The Hall–Kier alpha value is -1.92. The molecular weight excluding hydrogens is 301 g/mol. The van der Waals surface area contributed by atoms with Crippen LogP contribution >= 0.6 is 11.3 Å². The molecule has 6 heteroatoms. The molecule has 0 saturated heterocycles. The Labute approximate surface area is 133 Å². The van der Waals surface area contributed by atoms with Gasteiger partial charge in [0.2, 0.25) is 0 Å². The maximum absolute atomic E-state index is 13.4. The number of guanidine groups is 1. The van der Waals surface area contributed by atoms with Gasteiger partial charge in [0, 0.05) is 32.7 Å². The van der Waals surface area contributed by atoms with Gasteiger partial charge < -0.3 is 15.3 Å². The van der Waals surface area contributed by atoms with Crippen LogP contribution in [0.1, 0.15) is 16.7 Å². The number of rotatable bonds is 5. The second-order valence-corrected chi connectivity index (χ2v) is 5.75. The van der Waals surface area contributed by atoms with Crippen molar-refractivity contribution in [2.45, 2.75) is 19.7 Å². The molecule has 0 spiro atoms. The number of hydrogen-bond donors (Lipinski definition) is 2. The van der Waals surface area contributed by atoms with Crippen LogP contribution in [0.3, 0.4) is 0 Å².